The second kappa shape index (κ2) is 19.5. The van der Waals surface area contributed by atoms with Crippen LogP contribution in [0.1, 0.15) is 5.56 Å². The van der Waals surface area contributed by atoms with Crippen molar-refractivity contribution in [2.45, 2.75) is 0 Å². The zero-order chi connectivity index (χ0) is 47.2. The summed E-state index contributed by atoms with van der Waals surface area (Å²) >= 11 is 0. The molecule has 0 aliphatic carbocycles. The minimum atomic E-state index is 0.995. The van der Waals surface area contributed by atoms with Crippen LogP contribution >= 0.6 is 0 Å². The number of benzene rings is 11. The molecule has 0 saturated carbocycles. The summed E-state index contributed by atoms with van der Waals surface area (Å²) in [4.78, 5) is 4.75. The van der Waals surface area contributed by atoms with Crippen LogP contribution in [0.5, 0.6) is 0 Å². The van der Waals surface area contributed by atoms with Crippen molar-refractivity contribution in [1.82, 2.24) is 0 Å². The molecule has 70 heavy (non-hydrogen) atoms. The summed E-state index contributed by atoms with van der Waals surface area (Å²) in [6.07, 6.45) is 5.81. The quantitative estimate of drug-likeness (QED) is 0.106. The van der Waals surface area contributed by atoms with Gasteiger partial charge < -0.3 is 9.80 Å². The molecule has 0 fully saturated rings. The largest absolute Gasteiger partial charge is 0.310 e. The van der Waals surface area contributed by atoms with E-state index in [1.807, 2.05) is 18.2 Å². The van der Waals surface area contributed by atoms with Crippen LogP contribution < -0.4 is 9.80 Å². The molecule has 0 unspecified atom stereocenters. The van der Waals surface area contributed by atoms with Crippen molar-refractivity contribution in [3.63, 3.8) is 0 Å². The molecule has 0 atom stereocenters. The Bertz CT molecular complexity index is 3660. The lowest BCUT2D eigenvalue weighted by molar-refractivity contribution is 1.29. The van der Waals surface area contributed by atoms with Crippen molar-refractivity contribution in [2.24, 2.45) is 0 Å². The van der Waals surface area contributed by atoms with Gasteiger partial charge in [0.15, 0.2) is 0 Å². The molecule has 0 saturated heterocycles. The Morgan fingerprint density at radius 3 is 1.30 bits per heavy atom. The number of hydrogen-bond acceptors (Lipinski definition) is 2. The van der Waals surface area contributed by atoms with Gasteiger partial charge in [0.1, 0.15) is 0 Å². The van der Waals surface area contributed by atoms with Gasteiger partial charge in [0.2, 0.25) is 0 Å². The summed E-state index contributed by atoms with van der Waals surface area (Å²) in [6.45, 7) is 8.35. The highest BCUT2D eigenvalue weighted by atomic mass is 15.1. The van der Waals surface area contributed by atoms with Crippen molar-refractivity contribution in [2.75, 3.05) is 9.80 Å². The van der Waals surface area contributed by atoms with Crippen LogP contribution in [0.15, 0.2) is 292 Å². The van der Waals surface area contributed by atoms with Gasteiger partial charge in [-0.05, 0) is 127 Å². The molecule has 0 aliphatic heterocycles. The SMILES string of the molecule is C=C/C=C(\C=C)c1cc(N(c2ccccc2)c2cccc3ccccc23)ccc1-c1ccc(-c2ccc(N(c3ccc(-c4ccccc4)cc3)c3cccc4ccccc34)cc2-c2ccccc2)cc1. The third-order valence-electron chi connectivity index (χ3n) is 13.2. The maximum atomic E-state index is 4.27. The summed E-state index contributed by atoms with van der Waals surface area (Å²) in [6, 6.07) is 93.9. The lowest BCUT2D eigenvalue weighted by Gasteiger charge is -2.28. The van der Waals surface area contributed by atoms with E-state index in [9.17, 15) is 0 Å². The number of hydrogen-bond donors (Lipinski definition) is 0. The molecule has 2 nitrogen and oxygen atoms in total. The maximum Gasteiger partial charge on any atom is 0.0540 e. The minimum absolute atomic E-state index is 0.995. The van der Waals surface area contributed by atoms with Gasteiger partial charge in [0.05, 0.1) is 11.4 Å². The van der Waals surface area contributed by atoms with Gasteiger partial charge in [-0.3, -0.25) is 0 Å². The van der Waals surface area contributed by atoms with Crippen LogP contribution in [0.4, 0.5) is 34.1 Å². The second-order valence-electron chi connectivity index (χ2n) is 17.4. The molecule has 0 N–H and O–H groups in total. The molecule has 0 aliphatic rings. The molecule has 0 aromatic heterocycles. The number of fused-ring (bicyclic) bond motifs is 2. The molecule has 0 bridgehead atoms. The van der Waals surface area contributed by atoms with Crippen molar-refractivity contribution in [3.05, 3.63) is 298 Å². The number of para-hydroxylation sites is 1. The van der Waals surface area contributed by atoms with Crippen molar-refractivity contribution < 1.29 is 0 Å². The van der Waals surface area contributed by atoms with E-state index in [1.54, 1.807) is 0 Å². The van der Waals surface area contributed by atoms with Crippen LogP contribution in [0, 0.1) is 0 Å². The van der Waals surface area contributed by atoms with E-state index in [4.69, 9.17) is 0 Å². The van der Waals surface area contributed by atoms with Crippen LogP contribution in [0.25, 0.3) is 71.6 Å². The van der Waals surface area contributed by atoms with Crippen molar-refractivity contribution in [1.29, 1.82) is 0 Å². The zero-order valence-electron chi connectivity index (χ0n) is 38.9. The molecule has 2 heteroatoms. The fourth-order valence-corrected chi connectivity index (χ4v) is 9.84. The van der Waals surface area contributed by atoms with Crippen LogP contribution in [-0.4, -0.2) is 0 Å². The molecule has 332 valence electrons. The molecule has 0 radical (unpaired) electrons. The summed E-state index contributed by atoms with van der Waals surface area (Å²) in [7, 11) is 0. The van der Waals surface area contributed by atoms with Gasteiger partial charge >= 0.3 is 0 Å². The van der Waals surface area contributed by atoms with E-state index in [0.29, 0.717) is 0 Å². The maximum absolute atomic E-state index is 4.27. The van der Waals surface area contributed by atoms with Gasteiger partial charge in [0, 0.05) is 33.5 Å². The van der Waals surface area contributed by atoms with Crippen LogP contribution in [0.2, 0.25) is 0 Å². The summed E-state index contributed by atoms with van der Waals surface area (Å²) in [5.41, 5.74) is 17.8. The Morgan fingerprint density at radius 1 is 0.314 bits per heavy atom. The summed E-state index contributed by atoms with van der Waals surface area (Å²) < 4.78 is 0. The van der Waals surface area contributed by atoms with E-state index in [1.165, 1.54) is 32.7 Å². The van der Waals surface area contributed by atoms with E-state index in [2.05, 4.69) is 284 Å². The van der Waals surface area contributed by atoms with Crippen molar-refractivity contribution >= 4 is 61.2 Å². The lowest BCUT2D eigenvalue weighted by Crippen LogP contribution is -2.11. The van der Waals surface area contributed by atoms with Gasteiger partial charge in [-0.15, -0.1) is 0 Å². The molecular formula is C68H50N2. The Hall–Kier alpha value is -9.24. The molecule has 0 heterocycles. The monoisotopic (exact) mass is 894 g/mol. The Balaban J connectivity index is 1.02. The van der Waals surface area contributed by atoms with Crippen LogP contribution in [0.3, 0.4) is 0 Å². The number of nitrogens with zero attached hydrogens (tertiary/aromatic N) is 2. The fraction of sp³-hybridized carbons (Fsp3) is 0. The van der Waals surface area contributed by atoms with E-state index < -0.39 is 0 Å². The highest BCUT2D eigenvalue weighted by molar-refractivity contribution is 6.02. The second-order valence-corrected chi connectivity index (χ2v) is 17.4. The lowest BCUT2D eigenvalue weighted by atomic mass is 9.90. The van der Waals surface area contributed by atoms with Gasteiger partial charge in [-0.1, -0.05) is 232 Å². The Labute approximate surface area is 411 Å². The third kappa shape index (κ3) is 8.51. The standard InChI is InChI=1S/C68H50N2/c1-3-20-49(4-2)65-47-59(69(57-29-12-7-13-30-57)67-33-18-27-52-25-14-16-31-63(52)67)43-45-61(65)55-35-37-56(38-36-55)62-46-44-60(48-66(62)54-23-10-6-11-24-54)70(68-34-19-28-53-26-15-17-32-64(53)68)58-41-39-51(40-42-58)50-21-8-5-9-22-50/h3-48H,1-2H2/b49-20+. The summed E-state index contributed by atoms with van der Waals surface area (Å²) in [5.74, 6) is 0. The van der Waals surface area contributed by atoms with Gasteiger partial charge in [-0.25, -0.2) is 0 Å². The Morgan fingerprint density at radius 2 is 0.729 bits per heavy atom. The third-order valence-corrected chi connectivity index (χ3v) is 13.2. The van der Waals surface area contributed by atoms with E-state index in [0.717, 1.165) is 78.6 Å². The number of allylic oxidation sites excluding steroid dienone is 4. The topological polar surface area (TPSA) is 6.48 Å². The first-order valence-electron chi connectivity index (χ1n) is 23.8. The minimum Gasteiger partial charge on any atom is -0.310 e. The Kier molecular flexibility index (Phi) is 12.1. The fourth-order valence-electron chi connectivity index (χ4n) is 9.84. The van der Waals surface area contributed by atoms with Gasteiger partial charge in [-0.2, -0.15) is 0 Å². The normalized spacial score (nSPS) is 11.3. The first kappa shape index (κ1) is 43.3. The van der Waals surface area contributed by atoms with E-state index >= 15 is 0 Å². The van der Waals surface area contributed by atoms with Crippen LogP contribution in [-0.2, 0) is 0 Å². The molecular weight excluding hydrogens is 845 g/mol. The van der Waals surface area contributed by atoms with Gasteiger partial charge in [0.25, 0.3) is 0 Å². The first-order chi connectivity index (χ1) is 34.6. The average molecular weight is 895 g/mol. The highest BCUT2D eigenvalue weighted by Crippen LogP contribution is 2.45. The predicted octanol–water partition coefficient (Wildman–Crippen LogP) is 19.4. The average Bonchev–Trinajstić information content (AvgIpc) is 3.44. The van der Waals surface area contributed by atoms with Crippen molar-refractivity contribution in [3.8, 4) is 44.5 Å². The molecule has 11 aromatic rings. The zero-order valence-corrected chi connectivity index (χ0v) is 38.9. The first-order valence-corrected chi connectivity index (χ1v) is 23.8. The molecule has 0 spiro atoms. The smallest absolute Gasteiger partial charge is 0.0540 e. The summed E-state index contributed by atoms with van der Waals surface area (Å²) in [5, 5.41) is 4.76. The number of anilines is 6. The predicted molar refractivity (Wildman–Crippen MR) is 301 cm³/mol. The molecule has 0 amide bonds. The molecule has 11 aromatic carbocycles. The number of rotatable bonds is 13. The van der Waals surface area contributed by atoms with E-state index in [-0.39, 0.29) is 0 Å². The molecule has 11 rings (SSSR count). The highest BCUT2D eigenvalue weighted by Gasteiger charge is 2.21.